The second-order valence-electron chi connectivity index (χ2n) is 21.3. The maximum absolute atomic E-state index is 12.9. The Morgan fingerprint density at radius 3 is 0.784 bits per heavy atom. The van der Waals surface area contributed by atoms with E-state index in [1.54, 1.807) is 0 Å². The van der Waals surface area contributed by atoms with E-state index in [9.17, 15) is 14.4 Å². The van der Waals surface area contributed by atoms with Gasteiger partial charge in [0, 0.05) is 19.3 Å². The van der Waals surface area contributed by atoms with Crippen LogP contribution < -0.4 is 0 Å². The first-order chi connectivity index (χ1) is 36.5. The van der Waals surface area contributed by atoms with Gasteiger partial charge in [-0.15, -0.1) is 0 Å². The van der Waals surface area contributed by atoms with Crippen LogP contribution in [0.25, 0.3) is 0 Å². The van der Waals surface area contributed by atoms with Crippen molar-refractivity contribution in [3.8, 4) is 0 Å². The topological polar surface area (TPSA) is 78.9 Å². The Bertz CT molecular complexity index is 1370. The highest BCUT2D eigenvalue weighted by atomic mass is 16.6. The second-order valence-corrected chi connectivity index (χ2v) is 21.3. The Labute approximate surface area is 459 Å². The van der Waals surface area contributed by atoms with Crippen LogP contribution in [-0.4, -0.2) is 37.2 Å². The molecule has 6 nitrogen and oxygen atoms in total. The van der Waals surface area contributed by atoms with E-state index < -0.39 is 6.10 Å². The van der Waals surface area contributed by atoms with Gasteiger partial charge in [-0.3, -0.25) is 14.4 Å². The van der Waals surface area contributed by atoms with Crippen molar-refractivity contribution in [2.75, 3.05) is 13.2 Å². The van der Waals surface area contributed by atoms with Crippen LogP contribution in [0.15, 0.2) is 72.9 Å². The van der Waals surface area contributed by atoms with Crippen molar-refractivity contribution in [3.63, 3.8) is 0 Å². The van der Waals surface area contributed by atoms with Gasteiger partial charge in [-0.05, 0) is 96.3 Å². The SMILES string of the molecule is CCCCC/C=C\C/C=C\C/C=C\CCCCCCCCC(=O)OC(COC(=O)CCCCCCCCCC)COC(=O)CCCCCCCCCCCCCCCC/C=C\C/C=C\C/C=C\CCCCCCC. The maximum atomic E-state index is 12.9. The van der Waals surface area contributed by atoms with Gasteiger partial charge in [0.15, 0.2) is 6.10 Å². The molecule has 0 aromatic carbocycles. The van der Waals surface area contributed by atoms with Gasteiger partial charge in [-0.25, -0.2) is 0 Å². The molecule has 428 valence electrons. The van der Waals surface area contributed by atoms with Crippen molar-refractivity contribution in [2.24, 2.45) is 0 Å². The van der Waals surface area contributed by atoms with E-state index in [2.05, 4.69) is 93.7 Å². The minimum Gasteiger partial charge on any atom is -0.462 e. The molecular formula is C68H120O6. The predicted molar refractivity (Wildman–Crippen MR) is 321 cm³/mol. The summed E-state index contributed by atoms with van der Waals surface area (Å²) in [5.41, 5.74) is 0. The Morgan fingerprint density at radius 1 is 0.270 bits per heavy atom. The van der Waals surface area contributed by atoms with Crippen molar-refractivity contribution in [2.45, 2.75) is 329 Å². The monoisotopic (exact) mass is 1030 g/mol. The molecule has 0 spiro atoms. The Balaban J connectivity index is 4.14. The summed E-state index contributed by atoms with van der Waals surface area (Å²) in [4.78, 5) is 38.1. The summed E-state index contributed by atoms with van der Waals surface area (Å²) in [6.07, 6.45) is 80.7. The smallest absolute Gasteiger partial charge is 0.306 e. The van der Waals surface area contributed by atoms with E-state index in [1.807, 2.05) is 0 Å². The number of hydrogen-bond acceptors (Lipinski definition) is 6. The zero-order chi connectivity index (χ0) is 53.6. The van der Waals surface area contributed by atoms with Gasteiger partial charge >= 0.3 is 17.9 Å². The maximum Gasteiger partial charge on any atom is 0.306 e. The van der Waals surface area contributed by atoms with Crippen molar-refractivity contribution in [1.29, 1.82) is 0 Å². The molecule has 0 aromatic rings. The summed E-state index contributed by atoms with van der Waals surface area (Å²) in [6.45, 7) is 6.59. The first kappa shape index (κ1) is 70.8. The second kappa shape index (κ2) is 62.4. The standard InChI is InChI=1S/C68H120O6/c1-4-7-10-13-16-19-21-23-25-27-29-30-31-32-33-34-35-36-37-38-40-41-43-45-47-49-52-55-58-61-67(70)73-64-65(63-72-66(69)60-57-54-51-18-15-12-9-6-3)74-68(71)62-59-56-53-50-48-46-44-42-39-28-26-24-22-20-17-14-11-8-5-2/h17,20-21,23-24,26-27,29,31-32,39,42,65H,4-16,18-19,22,25,28,30,33-38,40-41,43-64H2,1-3H3/b20-17-,23-21-,26-24-,29-27-,32-31-,42-39-. The summed E-state index contributed by atoms with van der Waals surface area (Å²) >= 11 is 0. The molecule has 1 atom stereocenters. The molecule has 0 bridgehead atoms. The van der Waals surface area contributed by atoms with Gasteiger partial charge in [0.1, 0.15) is 13.2 Å². The van der Waals surface area contributed by atoms with Gasteiger partial charge in [-0.1, -0.05) is 280 Å². The molecule has 6 heteroatoms. The zero-order valence-corrected chi connectivity index (χ0v) is 49.1. The average Bonchev–Trinajstić information content (AvgIpc) is 3.40. The first-order valence-electron chi connectivity index (χ1n) is 31.9. The lowest BCUT2D eigenvalue weighted by Crippen LogP contribution is -2.30. The number of carbonyl (C=O) groups excluding carboxylic acids is 3. The molecule has 0 heterocycles. The van der Waals surface area contributed by atoms with Gasteiger partial charge in [-0.2, -0.15) is 0 Å². The normalized spacial score (nSPS) is 12.5. The fourth-order valence-corrected chi connectivity index (χ4v) is 9.11. The third kappa shape index (κ3) is 59.7. The molecule has 1 unspecified atom stereocenters. The molecule has 0 radical (unpaired) electrons. The molecule has 74 heavy (non-hydrogen) atoms. The highest BCUT2D eigenvalue weighted by Gasteiger charge is 2.19. The third-order valence-corrected chi connectivity index (χ3v) is 13.9. The summed E-state index contributed by atoms with van der Waals surface area (Å²) in [7, 11) is 0. The molecule has 0 aromatic heterocycles. The van der Waals surface area contributed by atoms with E-state index in [-0.39, 0.29) is 31.1 Å². The fraction of sp³-hybridized carbons (Fsp3) is 0.779. The Kier molecular flexibility index (Phi) is 59.7. The molecular weight excluding hydrogens is 913 g/mol. The van der Waals surface area contributed by atoms with Crippen LogP contribution in [0.3, 0.4) is 0 Å². The number of esters is 3. The molecule has 0 N–H and O–H groups in total. The number of carbonyl (C=O) groups is 3. The lowest BCUT2D eigenvalue weighted by atomic mass is 10.0. The van der Waals surface area contributed by atoms with Crippen LogP contribution >= 0.6 is 0 Å². The Hall–Kier alpha value is -3.15. The Morgan fingerprint density at radius 2 is 0.486 bits per heavy atom. The summed E-state index contributed by atoms with van der Waals surface area (Å²) in [5.74, 6) is -0.884. The summed E-state index contributed by atoms with van der Waals surface area (Å²) in [6, 6.07) is 0. The fourth-order valence-electron chi connectivity index (χ4n) is 9.11. The quantitative estimate of drug-likeness (QED) is 0.0261. The molecule has 0 saturated heterocycles. The minimum atomic E-state index is -0.780. The van der Waals surface area contributed by atoms with Gasteiger partial charge in [0.2, 0.25) is 0 Å². The lowest BCUT2D eigenvalue weighted by molar-refractivity contribution is -0.167. The van der Waals surface area contributed by atoms with Crippen LogP contribution in [-0.2, 0) is 28.6 Å². The summed E-state index contributed by atoms with van der Waals surface area (Å²) < 4.78 is 16.8. The van der Waals surface area contributed by atoms with E-state index in [4.69, 9.17) is 14.2 Å². The highest BCUT2D eigenvalue weighted by molar-refractivity contribution is 5.71. The van der Waals surface area contributed by atoms with Crippen molar-refractivity contribution < 1.29 is 28.6 Å². The average molecular weight is 1030 g/mol. The third-order valence-electron chi connectivity index (χ3n) is 13.9. The zero-order valence-electron chi connectivity index (χ0n) is 49.1. The molecule has 0 aliphatic rings. The van der Waals surface area contributed by atoms with Gasteiger partial charge in [0.25, 0.3) is 0 Å². The molecule has 0 fully saturated rings. The van der Waals surface area contributed by atoms with Crippen molar-refractivity contribution in [1.82, 2.24) is 0 Å². The van der Waals surface area contributed by atoms with Gasteiger partial charge in [0.05, 0.1) is 0 Å². The molecule has 0 aliphatic carbocycles. The molecule has 0 aliphatic heterocycles. The van der Waals surface area contributed by atoms with Crippen LogP contribution in [0, 0.1) is 0 Å². The molecule has 0 saturated carbocycles. The largest absolute Gasteiger partial charge is 0.462 e. The minimum absolute atomic E-state index is 0.0784. The van der Waals surface area contributed by atoms with E-state index in [1.165, 1.54) is 186 Å². The number of unbranched alkanes of at least 4 members (excludes halogenated alkanes) is 35. The number of ether oxygens (including phenoxy) is 3. The first-order valence-corrected chi connectivity index (χ1v) is 31.9. The molecule has 0 rings (SSSR count). The number of allylic oxidation sites excluding steroid dienone is 12. The van der Waals surface area contributed by atoms with Crippen molar-refractivity contribution >= 4 is 17.9 Å². The van der Waals surface area contributed by atoms with E-state index in [0.29, 0.717) is 19.3 Å². The highest BCUT2D eigenvalue weighted by Crippen LogP contribution is 2.16. The predicted octanol–water partition coefficient (Wildman–Crippen LogP) is 21.7. The summed E-state index contributed by atoms with van der Waals surface area (Å²) in [5, 5.41) is 0. The van der Waals surface area contributed by atoms with Crippen LogP contribution in [0.5, 0.6) is 0 Å². The van der Waals surface area contributed by atoms with Gasteiger partial charge < -0.3 is 14.2 Å². The van der Waals surface area contributed by atoms with E-state index in [0.717, 1.165) is 96.3 Å². The lowest BCUT2D eigenvalue weighted by Gasteiger charge is -2.18. The van der Waals surface area contributed by atoms with Crippen molar-refractivity contribution in [3.05, 3.63) is 72.9 Å². The number of rotatable bonds is 58. The van der Waals surface area contributed by atoms with Crippen LogP contribution in [0.4, 0.5) is 0 Å². The number of hydrogen-bond donors (Lipinski definition) is 0. The van der Waals surface area contributed by atoms with Crippen LogP contribution in [0.2, 0.25) is 0 Å². The van der Waals surface area contributed by atoms with E-state index >= 15 is 0 Å². The van der Waals surface area contributed by atoms with Crippen LogP contribution in [0.1, 0.15) is 323 Å². The molecule has 0 amide bonds.